The van der Waals surface area contributed by atoms with Crippen LogP contribution in [0.1, 0.15) is 18.4 Å². The zero-order chi connectivity index (χ0) is 20.5. The van der Waals surface area contributed by atoms with Crippen LogP contribution in [0.3, 0.4) is 0 Å². The lowest BCUT2D eigenvalue weighted by Crippen LogP contribution is -2.41. The van der Waals surface area contributed by atoms with E-state index in [1.165, 1.54) is 22.5 Å². The van der Waals surface area contributed by atoms with E-state index in [9.17, 15) is 22.0 Å². The Kier molecular flexibility index (Phi) is 6.02. The normalized spacial score (nSPS) is 16.1. The average Bonchev–Trinajstić information content (AvgIpc) is 2.67. The number of carbonyl (C=O) groups is 1. The lowest BCUT2D eigenvalue weighted by molar-refractivity contribution is -0.120. The summed E-state index contributed by atoms with van der Waals surface area (Å²) in [7, 11) is -3.82. The Bertz CT molecular complexity index is 1010. The van der Waals surface area contributed by atoms with Crippen LogP contribution >= 0.6 is 11.6 Å². The molecule has 2 aromatic carbocycles. The number of benzene rings is 2. The molecule has 28 heavy (non-hydrogen) atoms. The number of halogens is 3. The van der Waals surface area contributed by atoms with E-state index in [1.54, 1.807) is 13.0 Å². The zero-order valence-corrected chi connectivity index (χ0v) is 16.7. The molecule has 0 saturated carbocycles. The number of sulfonamides is 1. The molecule has 0 aliphatic carbocycles. The van der Waals surface area contributed by atoms with E-state index >= 15 is 0 Å². The lowest BCUT2D eigenvalue weighted by Gasteiger charge is -2.30. The lowest BCUT2D eigenvalue weighted by atomic mass is 9.97. The molecule has 5 nitrogen and oxygen atoms in total. The van der Waals surface area contributed by atoms with Gasteiger partial charge in [0.2, 0.25) is 15.9 Å². The highest BCUT2D eigenvalue weighted by atomic mass is 35.5. The first-order valence-electron chi connectivity index (χ1n) is 8.70. The Morgan fingerprint density at radius 1 is 1.14 bits per heavy atom. The summed E-state index contributed by atoms with van der Waals surface area (Å²) in [5, 5.41) is 2.45. The number of nitrogens with zero attached hydrogens (tertiary/aromatic N) is 1. The molecule has 1 heterocycles. The van der Waals surface area contributed by atoms with Crippen molar-refractivity contribution in [3.05, 3.63) is 58.6 Å². The molecule has 0 spiro atoms. The summed E-state index contributed by atoms with van der Waals surface area (Å²) in [4.78, 5) is 12.4. The van der Waals surface area contributed by atoms with Crippen molar-refractivity contribution in [2.75, 3.05) is 18.4 Å². The summed E-state index contributed by atoms with van der Waals surface area (Å²) in [5.74, 6) is -1.79. The molecule has 0 atom stereocenters. The Balaban J connectivity index is 1.65. The molecule has 9 heteroatoms. The minimum atomic E-state index is -3.82. The van der Waals surface area contributed by atoms with Gasteiger partial charge in [-0.15, -0.1) is 0 Å². The van der Waals surface area contributed by atoms with Crippen molar-refractivity contribution in [3.63, 3.8) is 0 Å². The van der Waals surface area contributed by atoms with E-state index < -0.39 is 21.7 Å². The van der Waals surface area contributed by atoms with Crippen LogP contribution in [0.2, 0.25) is 5.02 Å². The standard InChI is InChI=1S/C19H19ClF2N2O3S/c1-12-2-3-14(21)10-18(12)23-19(25)13-6-8-24(9-7-13)28(26,27)15-4-5-17(22)16(20)11-15/h2-5,10-11,13H,6-9H2,1H3,(H,23,25). The first kappa shape index (κ1) is 20.7. The van der Waals surface area contributed by atoms with Gasteiger partial charge in [0.1, 0.15) is 11.6 Å². The summed E-state index contributed by atoms with van der Waals surface area (Å²) in [6.07, 6.45) is 0.655. The minimum absolute atomic E-state index is 0.0859. The largest absolute Gasteiger partial charge is 0.326 e. The summed E-state index contributed by atoms with van der Waals surface area (Å²) in [6, 6.07) is 7.41. The van der Waals surface area contributed by atoms with E-state index in [4.69, 9.17) is 11.6 Å². The number of aryl methyl sites for hydroxylation is 1. The molecule has 1 fully saturated rings. The molecule has 0 bridgehead atoms. The molecule has 0 radical (unpaired) electrons. The maximum atomic E-state index is 13.4. The van der Waals surface area contributed by atoms with Crippen LogP contribution in [0.4, 0.5) is 14.5 Å². The van der Waals surface area contributed by atoms with Crippen LogP contribution < -0.4 is 5.32 Å². The van der Waals surface area contributed by atoms with E-state index in [2.05, 4.69) is 5.32 Å². The highest BCUT2D eigenvalue weighted by Gasteiger charge is 2.32. The molecule has 1 N–H and O–H groups in total. The molecule has 1 saturated heterocycles. The van der Waals surface area contributed by atoms with Crippen molar-refractivity contribution in [2.24, 2.45) is 5.92 Å². The van der Waals surface area contributed by atoms with Gasteiger partial charge in [-0.2, -0.15) is 4.31 Å². The van der Waals surface area contributed by atoms with Gasteiger partial charge < -0.3 is 5.32 Å². The Labute approximate surface area is 167 Å². The molecule has 3 rings (SSSR count). The number of hydrogen-bond donors (Lipinski definition) is 1. The fraction of sp³-hybridized carbons (Fsp3) is 0.316. The summed E-state index contributed by atoms with van der Waals surface area (Å²) in [6.45, 7) is 2.06. The topological polar surface area (TPSA) is 66.5 Å². The molecule has 2 aromatic rings. The van der Waals surface area contributed by atoms with E-state index in [-0.39, 0.29) is 34.8 Å². The van der Waals surface area contributed by atoms with Crippen molar-refractivity contribution >= 4 is 33.2 Å². The van der Waals surface area contributed by atoms with Gasteiger partial charge in [0.05, 0.1) is 9.92 Å². The molecule has 150 valence electrons. The number of amides is 1. The number of rotatable bonds is 4. The van der Waals surface area contributed by atoms with Crippen molar-refractivity contribution in [2.45, 2.75) is 24.7 Å². The van der Waals surface area contributed by atoms with Gasteiger partial charge >= 0.3 is 0 Å². The van der Waals surface area contributed by atoms with Gasteiger partial charge in [0, 0.05) is 24.7 Å². The SMILES string of the molecule is Cc1ccc(F)cc1NC(=O)C1CCN(S(=O)(=O)c2ccc(F)c(Cl)c2)CC1. The Hall–Kier alpha value is -2.03. The third-order valence-electron chi connectivity index (χ3n) is 4.81. The summed E-state index contributed by atoms with van der Waals surface area (Å²) >= 11 is 5.69. The van der Waals surface area contributed by atoms with E-state index in [0.717, 1.165) is 17.7 Å². The maximum Gasteiger partial charge on any atom is 0.243 e. The monoisotopic (exact) mass is 428 g/mol. The van der Waals surface area contributed by atoms with E-state index in [1.807, 2.05) is 0 Å². The minimum Gasteiger partial charge on any atom is -0.326 e. The van der Waals surface area contributed by atoms with Crippen molar-refractivity contribution in [1.29, 1.82) is 0 Å². The molecular formula is C19H19ClF2N2O3S. The molecular weight excluding hydrogens is 410 g/mol. The summed E-state index contributed by atoms with van der Waals surface area (Å²) in [5.41, 5.74) is 1.14. The molecule has 0 aromatic heterocycles. The van der Waals surface area contributed by atoms with Crippen LogP contribution in [0, 0.1) is 24.5 Å². The van der Waals surface area contributed by atoms with Gasteiger partial charge in [0.15, 0.2) is 0 Å². The first-order chi connectivity index (χ1) is 13.2. The number of carbonyl (C=O) groups excluding carboxylic acids is 1. The predicted octanol–water partition coefficient (Wildman–Crippen LogP) is 3.97. The van der Waals surface area contributed by atoms with Gasteiger partial charge in [0.25, 0.3) is 0 Å². The second-order valence-electron chi connectivity index (χ2n) is 6.70. The second kappa shape index (κ2) is 8.14. The van der Waals surface area contributed by atoms with Crippen LogP contribution in [-0.2, 0) is 14.8 Å². The predicted molar refractivity (Wildman–Crippen MR) is 103 cm³/mol. The highest BCUT2D eigenvalue weighted by molar-refractivity contribution is 7.89. The van der Waals surface area contributed by atoms with Gasteiger partial charge in [-0.05, 0) is 55.7 Å². The quantitative estimate of drug-likeness (QED) is 0.801. The zero-order valence-electron chi connectivity index (χ0n) is 15.1. The first-order valence-corrected chi connectivity index (χ1v) is 10.5. The number of anilines is 1. The number of nitrogens with one attached hydrogen (secondary N) is 1. The van der Waals surface area contributed by atoms with Gasteiger partial charge in [-0.3, -0.25) is 4.79 Å². The van der Waals surface area contributed by atoms with Crippen molar-refractivity contribution < 1.29 is 22.0 Å². The fourth-order valence-electron chi connectivity index (χ4n) is 3.11. The van der Waals surface area contributed by atoms with Crippen LogP contribution in [0.5, 0.6) is 0 Å². The van der Waals surface area contributed by atoms with E-state index in [0.29, 0.717) is 18.5 Å². The fourth-order valence-corrected chi connectivity index (χ4v) is 4.85. The second-order valence-corrected chi connectivity index (χ2v) is 9.05. The van der Waals surface area contributed by atoms with Crippen LogP contribution in [0.15, 0.2) is 41.3 Å². The van der Waals surface area contributed by atoms with Crippen molar-refractivity contribution in [1.82, 2.24) is 4.31 Å². The molecule has 0 unspecified atom stereocenters. The van der Waals surface area contributed by atoms with Crippen molar-refractivity contribution in [3.8, 4) is 0 Å². The third-order valence-corrected chi connectivity index (χ3v) is 7.00. The Morgan fingerprint density at radius 2 is 1.82 bits per heavy atom. The smallest absolute Gasteiger partial charge is 0.243 e. The average molecular weight is 429 g/mol. The maximum absolute atomic E-state index is 13.4. The molecule has 1 amide bonds. The molecule has 1 aliphatic rings. The van der Waals surface area contributed by atoms with Gasteiger partial charge in [-0.1, -0.05) is 17.7 Å². The summed E-state index contributed by atoms with van der Waals surface area (Å²) < 4.78 is 53.3. The van der Waals surface area contributed by atoms with Crippen LogP contribution in [-0.4, -0.2) is 31.7 Å². The Morgan fingerprint density at radius 3 is 2.46 bits per heavy atom. The number of hydrogen-bond acceptors (Lipinski definition) is 3. The van der Waals surface area contributed by atoms with Gasteiger partial charge in [-0.25, -0.2) is 17.2 Å². The number of piperidine rings is 1. The van der Waals surface area contributed by atoms with Crippen LogP contribution in [0.25, 0.3) is 0 Å². The highest BCUT2D eigenvalue weighted by Crippen LogP contribution is 2.27. The molecule has 1 aliphatic heterocycles. The third kappa shape index (κ3) is 4.34.